The number of anilines is 1. The lowest BCUT2D eigenvalue weighted by Gasteiger charge is -2.23. The SMILES string of the molecule is CC(C#N)(NC(=O)CNc1cccc(Br)c1)C1CC1. The number of hydrogen-bond donors (Lipinski definition) is 2. The summed E-state index contributed by atoms with van der Waals surface area (Å²) in [5, 5.41) is 15.0. The summed E-state index contributed by atoms with van der Waals surface area (Å²) in [6, 6.07) is 9.82. The summed E-state index contributed by atoms with van der Waals surface area (Å²) in [5.74, 6) is 0.142. The molecule has 1 aromatic rings. The third-order valence-electron chi connectivity index (χ3n) is 3.30. The Hall–Kier alpha value is -1.54. The first-order valence-electron chi connectivity index (χ1n) is 6.25. The van der Waals surface area contributed by atoms with Crippen LogP contribution in [-0.4, -0.2) is 18.0 Å². The minimum Gasteiger partial charge on any atom is -0.376 e. The van der Waals surface area contributed by atoms with Gasteiger partial charge < -0.3 is 10.6 Å². The summed E-state index contributed by atoms with van der Waals surface area (Å²) >= 11 is 3.37. The molecule has 1 aliphatic carbocycles. The average Bonchev–Trinajstić information content (AvgIpc) is 3.21. The van der Waals surface area contributed by atoms with Gasteiger partial charge in [0.15, 0.2) is 0 Å². The Bertz CT molecular complexity index is 522. The van der Waals surface area contributed by atoms with Gasteiger partial charge in [0.25, 0.3) is 0 Å². The van der Waals surface area contributed by atoms with E-state index in [0.29, 0.717) is 5.92 Å². The van der Waals surface area contributed by atoms with E-state index >= 15 is 0 Å². The van der Waals surface area contributed by atoms with Crippen molar-refractivity contribution in [2.45, 2.75) is 25.3 Å². The predicted octanol–water partition coefficient (Wildman–Crippen LogP) is 2.67. The standard InChI is InChI=1S/C14H16BrN3O/c1-14(9-16,10-5-6-10)18-13(19)8-17-12-4-2-3-11(15)7-12/h2-4,7,10,17H,5-6,8H2,1H3,(H,18,19). The molecule has 2 rings (SSSR count). The van der Waals surface area contributed by atoms with E-state index in [9.17, 15) is 10.1 Å². The molecule has 0 radical (unpaired) electrons. The molecule has 1 aromatic carbocycles. The van der Waals surface area contributed by atoms with Crippen molar-refractivity contribution in [2.24, 2.45) is 5.92 Å². The first-order valence-corrected chi connectivity index (χ1v) is 7.04. The van der Waals surface area contributed by atoms with E-state index in [2.05, 4.69) is 32.6 Å². The van der Waals surface area contributed by atoms with Gasteiger partial charge in [0.1, 0.15) is 5.54 Å². The predicted molar refractivity (Wildman–Crippen MR) is 77.5 cm³/mol. The van der Waals surface area contributed by atoms with E-state index in [1.807, 2.05) is 24.3 Å². The van der Waals surface area contributed by atoms with E-state index in [4.69, 9.17) is 0 Å². The van der Waals surface area contributed by atoms with Crippen molar-refractivity contribution in [3.05, 3.63) is 28.7 Å². The molecule has 1 aliphatic rings. The summed E-state index contributed by atoms with van der Waals surface area (Å²) < 4.78 is 0.956. The highest BCUT2D eigenvalue weighted by Crippen LogP contribution is 2.39. The zero-order chi connectivity index (χ0) is 13.9. The zero-order valence-electron chi connectivity index (χ0n) is 10.7. The smallest absolute Gasteiger partial charge is 0.240 e. The molecule has 5 heteroatoms. The van der Waals surface area contributed by atoms with Gasteiger partial charge in [-0.3, -0.25) is 4.79 Å². The number of rotatable bonds is 5. The van der Waals surface area contributed by atoms with Crippen LogP contribution in [0.15, 0.2) is 28.7 Å². The van der Waals surface area contributed by atoms with Crippen LogP contribution in [0.3, 0.4) is 0 Å². The summed E-state index contributed by atoms with van der Waals surface area (Å²) in [6.07, 6.45) is 2.03. The van der Waals surface area contributed by atoms with Crippen molar-refractivity contribution in [1.82, 2.24) is 5.32 Å². The second-order valence-electron chi connectivity index (χ2n) is 5.00. The first-order chi connectivity index (χ1) is 9.03. The Morgan fingerprint density at radius 2 is 2.32 bits per heavy atom. The molecule has 1 amide bonds. The van der Waals surface area contributed by atoms with E-state index in [0.717, 1.165) is 23.0 Å². The molecular formula is C14H16BrN3O. The van der Waals surface area contributed by atoms with Gasteiger partial charge in [-0.25, -0.2) is 0 Å². The Labute approximate surface area is 121 Å². The molecule has 1 saturated carbocycles. The number of carbonyl (C=O) groups excluding carboxylic acids is 1. The normalized spacial score (nSPS) is 17.1. The van der Waals surface area contributed by atoms with Crippen molar-refractivity contribution in [1.29, 1.82) is 5.26 Å². The van der Waals surface area contributed by atoms with Gasteiger partial charge in [-0.15, -0.1) is 0 Å². The number of nitrogens with one attached hydrogen (secondary N) is 2. The number of nitriles is 1. The van der Waals surface area contributed by atoms with Crippen LogP contribution in [0, 0.1) is 17.2 Å². The lowest BCUT2D eigenvalue weighted by Crippen LogP contribution is -2.48. The quantitative estimate of drug-likeness (QED) is 0.876. The van der Waals surface area contributed by atoms with Gasteiger partial charge in [-0.2, -0.15) is 5.26 Å². The van der Waals surface area contributed by atoms with E-state index in [-0.39, 0.29) is 12.5 Å². The van der Waals surface area contributed by atoms with E-state index in [1.54, 1.807) is 6.92 Å². The van der Waals surface area contributed by atoms with Crippen molar-refractivity contribution in [3.8, 4) is 6.07 Å². The highest BCUT2D eigenvalue weighted by Gasteiger charge is 2.42. The third kappa shape index (κ3) is 3.71. The monoisotopic (exact) mass is 321 g/mol. The van der Waals surface area contributed by atoms with Gasteiger partial charge in [0.2, 0.25) is 5.91 Å². The molecule has 0 aliphatic heterocycles. The van der Waals surface area contributed by atoms with Crippen molar-refractivity contribution in [2.75, 3.05) is 11.9 Å². The van der Waals surface area contributed by atoms with Crippen LogP contribution in [0.1, 0.15) is 19.8 Å². The molecule has 100 valence electrons. The maximum absolute atomic E-state index is 11.9. The van der Waals surface area contributed by atoms with E-state index < -0.39 is 5.54 Å². The number of benzene rings is 1. The summed E-state index contributed by atoms with van der Waals surface area (Å²) in [5.41, 5.74) is 0.144. The number of nitrogens with zero attached hydrogens (tertiary/aromatic N) is 1. The molecular weight excluding hydrogens is 306 g/mol. The molecule has 0 heterocycles. The van der Waals surface area contributed by atoms with Crippen molar-refractivity contribution < 1.29 is 4.79 Å². The maximum atomic E-state index is 11.9. The number of halogens is 1. The minimum atomic E-state index is -0.726. The lowest BCUT2D eigenvalue weighted by molar-refractivity contribution is -0.120. The summed E-state index contributed by atoms with van der Waals surface area (Å²) in [6.45, 7) is 1.96. The topological polar surface area (TPSA) is 64.9 Å². The molecule has 0 aromatic heterocycles. The fraction of sp³-hybridized carbons (Fsp3) is 0.429. The van der Waals surface area contributed by atoms with Crippen LogP contribution >= 0.6 is 15.9 Å². The van der Waals surface area contributed by atoms with Crippen LogP contribution in [0.25, 0.3) is 0 Å². The van der Waals surface area contributed by atoms with Gasteiger partial charge in [0.05, 0.1) is 12.6 Å². The molecule has 1 unspecified atom stereocenters. The lowest BCUT2D eigenvalue weighted by atomic mass is 9.98. The number of amides is 1. The second-order valence-corrected chi connectivity index (χ2v) is 5.92. The molecule has 0 spiro atoms. The van der Waals surface area contributed by atoms with Crippen LogP contribution in [0.4, 0.5) is 5.69 Å². The fourth-order valence-electron chi connectivity index (χ4n) is 2.00. The average molecular weight is 322 g/mol. The summed E-state index contributed by atoms with van der Waals surface area (Å²) in [4.78, 5) is 11.9. The van der Waals surface area contributed by atoms with Gasteiger partial charge in [-0.05, 0) is 43.9 Å². The van der Waals surface area contributed by atoms with Gasteiger partial charge in [0, 0.05) is 10.2 Å². The van der Waals surface area contributed by atoms with Crippen LogP contribution in [0.2, 0.25) is 0 Å². The Morgan fingerprint density at radius 1 is 1.58 bits per heavy atom. The van der Waals surface area contributed by atoms with Crippen LogP contribution in [-0.2, 0) is 4.79 Å². The highest BCUT2D eigenvalue weighted by molar-refractivity contribution is 9.10. The van der Waals surface area contributed by atoms with E-state index in [1.165, 1.54) is 0 Å². The molecule has 2 N–H and O–H groups in total. The first kappa shape index (κ1) is 13.9. The van der Waals surface area contributed by atoms with Crippen molar-refractivity contribution >= 4 is 27.5 Å². The van der Waals surface area contributed by atoms with Crippen LogP contribution < -0.4 is 10.6 Å². The molecule has 1 fully saturated rings. The van der Waals surface area contributed by atoms with Gasteiger partial charge >= 0.3 is 0 Å². The summed E-state index contributed by atoms with van der Waals surface area (Å²) in [7, 11) is 0. The maximum Gasteiger partial charge on any atom is 0.240 e. The Morgan fingerprint density at radius 3 is 2.89 bits per heavy atom. The minimum absolute atomic E-state index is 0.157. The molecule has 1 atom stereocenters. The highest BCUT2D eigenvalue weighted by atomic mass is 79.9. The third-order valence-corrected chi connectivity index (χ3v) is 3.80. The molecule has 4 nitrogen and oxygen atoms in total. The Balaban J connectivity index is 1.86. The zero-order valence-corrected chi connectivity index (χ0v) is 12.3. The molecule has 0 bridgehead atoms. The molecule has 0 saturated heterocycles. The second kappa shape index (κ2) is 5.62. The van der Waals surface area contributed by atoms with Gasteiger partial charge in [-0.1, -0.05) is 22.0 Å². The van der Waals surface area contributed by atoms with Crippen LogP contribution in [0.5, 0.6) is 0 Å². The largest absolute Gasteiger partial charge is 0.376 e. The number of hydrogen-bond acceptors (Lipinski definition) is 3. The Kier molecular flexibility index (Phi) is 4.11. The van der Waals surface area contributed by atoms with Crippen molar-refractivity contribution in [3.63, 3.8) is 0 Å². The fourth-order valence-corrected chi connectivity index (χ4v) is 2.40. The molecule has 19 heavy (non-hydrogen) atoms. The number of carbonyl (C=O) groups is 1.